The Hall–Kier alpha value is -1.10. The Bertz CT molecular complexity index is 346. The van der Waals surface area contributed by atoms with Crippen LogP contribution in [0.2, 0.25) is 0 Å². The van der Waals surface area contributed by atoms with Gasteiger partial charge in [-0.3, -0.25) is 9.59 Å². The van der Waals surface area contributed by atoms with E-state index in [1.807, 2.05) is 0 Å². The second-order valence-electron chi connectivity index (χ2n) is 4.62. The van der Waals surface area contributed by atoms with Gasteiger partial charge in [0.1, 0.15) is 36.1 Å². The van der Waals surface area contributed by atoms with Gasteiger partial charge >= 0.3 is 5.97 Å². The Kier molecular flexibility index (Phi) is 8.55. The molecular formula is C12H22O9. The largest absolute Gasteiger partial charge is 0.432 e. The number of hydrogen-bond acceptors (Lipinski definition) is 9. The third-order valence-corrected chi connectivity index (χ3v) is 2.99. The Morgan fingerprint density at radius 1 is 1.00 bits per heavy atom. The van der Waals surface area contributed by atoms with E-state index >= 15 is 0 Å². The summed E-state index contributed by atoms with van der Waals surface area (Å²) >= 11 is 0. The second-order valence-corrected chi connectivity index (χ2v) is 4.62. The van der Waals surface area contributed by atoms with Gasteiger partial charge in [0.25, 0.3) is 0 Å². The number of aliphatic hydroxyl groups is 6. The molecule has 0 bridgehead atoms. The number of carbonyl (C=O) groups excluding carboxylic acids is 2. The molecule has 0 fully saturated rings. The van der Waals surface area contributed by atoms with Crippen LogP contribution in [-0.2, 0) is 14.3 Å². The van der Waals surface area contributed by atoms with E-state index in [0.29, 0.717) is 0 Å². The van der Waals surface area contributed by atoms with Gasteiger partial charge in [0.15, 0.2) is 0 Å². The third kappa shape index (κ3) is 5.65. The standard InChI is InChI=1S/C12H22O9/c1-3-6(5(2)14)11(19)21-12(20)10(18)9(17)8(16)7(15)4-13/h6-10,12-13,15-18,20H,3-4H2,1-2H3/t6?,7-,8-,9+,10-,12?/m1/s1. The minimum atomic E-state index is -2.21. The summed E-state index contributed by atoms with van der Waals surface area (Å²) in [6.07, 6.45) is -10.00. The number of esters is 1. The van der Waals surface area contributed by atoms with Crippen LogP contribution in [0.1, 0.15) is 20.3 Å². The zero-order valence-corrected chi connectivity index (χ0v) is 11.8. The van der Waals surface area contributed by atoms with Gasteiger partial charge in [0.05, 0.1) is 6.61 Å². The summed E-state index contributed by atoms with van der Waals surface area (Å²) in [4.78, 5) is 22.7. The summed E-state index contributed by atoms with van der Waals surface area (Å²) in [6.45, 7) is 1.82. The summed E-state index contributed by atoms with van der Waals surface area (Å²) in [5.41, 5.74) is 0. The van der Waals surface area contributed by atoms with E-state index in [2.05, 4.69) is 4.74 Å². The van der Waals surface area contributed by atoms with Crippen LogP contribution in [0, 0.1) is 5.92 Å². The summed E-state index contributed by atoms with van der Waals surface area (Å²) in [5, 5.41) is 55.5. The van der Waals surface area contributed by atoms with Crippen LogP contribution in [0.15, 0.2) is 0 Å². The minimum Gasteiger partial charge on any atom is -0.432 e. The lowest BCUT2D eigenvalue weighted by molar-refractivity contribution is -0.216. The molecule has 124 valence electrons. The Labute approximate surface area is 121 Å². The Morgan fingerprint density at radius 2 is 1.52 bits per heavy atom. The van der Waals surface area contributed by atoms with E-state index < -0.39 is 55.0 Å². The molecule has 0 aromatic rings. The molecule has 0 saturated heterocycles. The number of aliphatic hydroxyl groups excluding tert-OH is 6. The van der Waals surface area contributed by atoms with E-state index in [0.717, 1.165) is 6.92 Å². The van der Waals surface area contributed by atoms with Crippen molar-refractivity contribution in [2.75, 3.05) is 6.61 Å². The molecule has 0 heterocycles. The van der Waals surface area contributed by atoms with Crippen molar-refractivity contribution < 1.29 is 45.0 Å². The van der Waals surface area contributed by atoms with Crippen LogP contribution < -0.4 is 0 Å². The topological polar surface area (TPSA) is 165 Å². The fraction of sp³-hybridized carbons (Fsp3) is 0.833. The van der Waals surface area contributed by atoms with Crippen molar-refractivity contribution in [3.05, 3.63) is 0 Å². The number of ether oxygens (including phenoxy) is 1. The maximum atomic E-state index is 11.6. The van der Waals surface area contributed by atoms with Gasteiger partial charge < -0.3 is 35.4 Å². The molecule has 0 radical (unpaired) electrons. The summed E-state index contributed by atoms with van der Waals surface area (Å²) in [7, 11) is 0. The first-order chi connectivity index (χ1) is 9.67. The first kappa shape index (κ1) is 19.9. The van der Waals surface area contributed by atoms with Crippen LogP contribution in [0.4, 0.5) is 0 Å². The SMILES string of the molecule is CCC(C(C)=O)C(=O)OC(O)[C@H](O)[C@@H](O)[C@H](O)[C@H](O)CO. The Morgan fingerprint density at radius 3 is 1.90 bits per heavy atom. The van der Waals surface area contributed by atoms with Crippen LogP contribution in [0.5, 0.6) is 0 Å². The fourth-order valence-corrected chi connectivity index (χ4v) is 1.60. The zero-order chi connectivity index (χ0) is 16.7. The number of Topliss-reactive ketones (excluding diaryl/α,β-unsaturated/α-hetero) is 1. The first-order valence-electron chi connectivity index (χ1n) is 6.39. The van der Waals surface area contributed by atoms with E-state index in [4.69, 9.17) is 10.2 Å². The maximum Gasteiger partial charge on any atom is 0.318 e. The maximum absolute atomic E-state index is 11.6. The van der Waals surface area contributed by atoms with E-state index in [1.165, 1.54) is 0 Å². The van der Waals surface area contributed by atoms with Crippen molar-refractivity contribution in [1.29, 1.82) is 0 Å². The molecular weight excluding hydrogens is 288 g/mol. The van der Waals surface area contributed by atoms with Crippen LogP contribution in [-0.4, -0.2) is 79.7 Å². The molecule has 9 nitrogen and oxygen atoms in total. The highest BCUT2D eigenvalue weighted by molar-refractivity contribution is 5.97. The van der Waals surface area contributed by atoms with Crippen molar-refractivity contribution in [2.24, 2.45) is 5.92 Å². The molecule has 9 heteroatoms. The quantitative estimate of drug-likeness (QED) is 0.147. The molecule has 0 rings (SSSR count). The van der Waals surface area contributed by atoms with Crippen molar-refractivity contribution in [3.63, 3.8) is 0 Å². The number of ketones is 1. The first-order valence-corrected chi connectivity index (χ1v) is 6.39. The summed E-state index contributed by atoms with van der Waals surface area (Å²) < 4.78 is 4.44. The Balaban J connectivity index is 4.67. The molecule has 2 unspecified atom stereocenters. The molecule has 6 atom stereocenters. The highest BCUT2D eigenvalue weighted by Crippen LogP contribution is 2.13. The van der Waals surface area contributed by atoms with Crippen molar-refractivity contribution in [2.45, 2.75) is 51.0 Å². The fourth-order valence-electron chi connectivity index (χ4n) is 1.60. The van der Waals surface area contributed by atoms with Gasteiger partial charge in [-0.1, -0.05) is 6.92 Å². The molecule has 0 spiro atoms. The third-order valence-electron chi connectivity index (χ3n) is 2.99. The lowest BCUT2D eigenvalue weighted by atomic mass is 10.0. The second kappa shape index (κ2) is 9.03. The van der Waals surface area contributed by atoms with Gasteiger partial charge in [-0.05, 0) is 13.3 Å². The minimum absolute atomic E-state index is 0.130. The highest BCUT2D eigenvalue weighted by Gasteiger charge is 2.37. The molecule has 0 aliphatic heterocycles. The summed E-state index contributed by atoms with van der Waals surface area (Å²) in [5.74, 6) is -2.68. The smallest absolute Gasteiger partial charge is 0.318 e. The average molecular weight is 310 g/mol. The molecule has 0 aliphatic rings. The van der Waals surface area contributed by atoms with Gasteiger partial charge in [-0.2, -0.15) is 0 Å². The molecule has 21 heavy (non-hydrogen) atoms. The van der Waals surface area contributed by atoms with Gasteiger partial charge in [0.2, 0.25) is 6.29 Å². The molecule has 0 aromatic heterocycles. The van der Waals surface area contributed by atoms with Gasteiger partial charge in [-0.15, -0.1) is 0 Å². The lowest BCUT2D eigenvalue weighted by Gasteiger charge is -2.28. The van der Waals surface area contributed by atoms with Crippen LogP contribution >= 0.6 is 0 Å². The van der Waals surface area contributed by atoms with E-state index in [9.17, 15) is 30.0 Å². The number of rotatable bonds is 9. The summed E-state index contributed by atoms with van der Waals surface area (Å²) in [6, 6.07) is 0. The molecule has 0 aliphatic carbocycles. The normalized spacial score (nSPS) is 20.0. The van der Waals surface area contributed by atoms with Crippen LogP contribution in [0.3, 0.4) is 0 Å². The van der Waals surface area contributed by atoms with E-state index in [1.54, 1.807) is 6.92 Å². The lowest BCUT2D eigenvalue weighted by Crippen LogP contribution is -2.51. The van der Waals surface area contributed by atoms with Crippen molar-refractivity contribution in [3.8, 4) is 0 Å². The predicted octanol–water partition coefficient (Wildman–Crippen LogP) is -3.10. The monoisotopic (exact) mass is 310 g/mol. The van der Waals surface area contributed by atoms with Gasteiger partial charge in [-0.25, -0.2) is 0 Å². The van der Waals surface area contributed by atoms with Gasteiger partial charge in [0, 0.05) is 0 Å². The van der Waals surface area contributed by atoms with Crippen LogP contribution in [0.25, 0.3) is 0 Å². The number of hydrogen-bond donors (Lipinski definition) is 6. The molecule has 0 amide bonds. The zero-order valence-electron chi connectivity index (χ0n) is 11.8. The molecule has 6 N–H and O–H groups in total. The predicted molar refractivity (Wildman–Crippen MR) is 67.7 cm³/mol. The highest BCUT2D eigenvalue weighted by atomic mass is 16.6. The molecule has 0 aromatic carbocycles. The molecule has 0 saturated carbocycles. The van der Waals surface area contributed by atoms with Crippen molar-refractivity contribution >= 4 is 11.8 Å². The number of carbonyl (C=O) groups is 2. The average Bonchev–Trinajstić information content (AvgIpc) is 2.43. The van der Waals surface area contributed by atoms with Crippen molar-refractivity contribution in [1.82, 2.24) is 0 Å². The van der Waals surface area contributed by atoms with E-state index in [-0.39, 0.29) is 6.42 Å².